The van der Waals surface area contributed by atoms with Gasteiger partial charge in [0, 0.05) is 34.5 Å². The summed E-state index contributed by atoms with van der Waals surface area (Å²) in [7, 11) is 0. The van der Waals surface area contributed by atoms with Crippen LogP contribution in [-0.2, 0) is 10.4 Å². The Bertz CT molecular complexity index is 1190. The average molecular weight is 578 g/mol. The van der Waals surface area contributed by atoms with Crippen LogP contribution in [0.25, 0.3) is 0 Å². The molecule has 4 rings (SSSR count). The van der Waals surface area contributed by atoms with Gasteiger partial charge in [-0.3, -0.25) is 4.79 Å². The van der Waals surface area contributed by atoms with E-state index < -0.39 is 11.5 Å². The molecular formula is C27H23BrCl2O5. The molecule has 0 fully saturated rings. The molecule has 0 saturated carbocycles. The molecule has 2 atom stereocenters. The number of hydrogen-bond acceptors (Lipinski definition) is 5. The zero-order valence-electron chi connectivity index (χ0n) is 18.7. The molecule has 1 aliphatic rings. The Labute approximate surface area is 222 Å². The minimum absolute atomic E-state index is 0.0767. The number of carbonyl (C=O) groups is 2. The van der Waals surface area contributed by atoms with Crippen molar-refractivity contribution in [3.63, 3.8) is 0 Å². The fourth-order valence-electron chi connectivity index (χ4n) is 4.41. The van der Waals surface area contributed by atoms with E-state index in [2.05, 4.69) is 15.9 Å². The van der Waals surface area contributed by atoms with Gasteiger partial charge in [-0.05, 0) is 17.7 Å². The van der Waals surface area contributed by atoms with Crippen LogP contribution in [0.2, 0.25) is 0 Å². The molecule has 5 nitrogen and oxygen atoms in total. The molecule has 0 amide bonds. The monoisotopic (exact) mass is 576 g/mol. The first-order valence-electron chi connectivity index (χ1n) is 11.1. The molecule has 0 aromatic heterocycles. The normalized spacial score (nSPS) is 17.4. The standard InChI is InChI=1S/C27H23BrCl2O5/c28-20-8-6-19(7-9-20)27(22(10-13-31)18-4-2-1-3-5-18)26(32)25-23(34-15-12-30)16-21(33-14-11-29)17-24(25)35-27/h1-9,13,16-17,22H,10-12,14-15H2/t22-,27-/m0/s1. The van der Waals surface area contributed by atoms with E-state index in [0.717, 1.165) is 16.3 Å². The Balaban J connectivity index is 1.93. The highest BCUT2D eigenvalue weighted by Crippen LogP contribution is 2.54. The number of alkyl halides is 2. The second-order valence-corrected chi connectivity index (χ2v) is 9.58. The van der Waals surface area contributed by atoms with E-state index in [1.807, 2.05) is 54.6 Å². The van der Waals surface area contributed by atoms with Gasteiger partial charge in [-0.1, -0.05) is 58.4 Å². The largest absolute Gasteiger partial charge is 0.492 e. The van der Waals surface area contributed by atoms with Crippen molar-refractivity contribution >= 4 is 51.2 Å². The minimum atomic E-state index is -1.49. The second-order valence-electron chi connectivity index (χ2n) is 7.91. The van der Waals surface area contributed by atoms with Gasteiger partial charge < -0.3 is 19.0 Å². The summed E-state index contributed by atoms with van der Waals surface area (Å²) in [4.78, 5) is 26.3. The zero-order chi connectivity index (χ0) is 24.8. The van der Waals surface area contributed by atoms with Crippen LogP contribution >= 0.6 is 39.1 Å². The fraction of sp³-hybridized carbons (Fsp3) is 0.259. The molecule has 35 heavy (non-hydrogen) atoms. The number of rotatable bonds is 11. The van der Waals surface area contributed by atoms with E-state index in [9.17, 15) is 9.59 Å². The van der Waals surface area contributed by atoms with Crippen LogP contribution in [0.3, 0.4) is 0 Å². The number of aldehydes is 1. The molecule has 0 unspecified atom stereocenters. The summed E-state index contributed by atoms with van der Waals surface area (Å²) in [5.41, 5.74) is 0.243. The van der Waals surface area contributed by atoms with Crippen LogP contribution in [0.4, 0.5) is 0 Å². The van der Waals surface area contributed by atoms with E-state index in [0.29, 0.717) is 34.3 Å². The maximum atomic E-state index is 14.4. The molecule has 0 spiro atoms. The van der Waals surface area contributed by atoms with Crippen molar-refractivity contribution in [3.8, 4) is 17.2 Å². The lowest BCUT2D eigenvalue weighted by atomic mass is 9.72. The van der Waals surface area contributed by atoms with Gasteiger partial charge in [0.25, 0.3) is 0 Å². The van der Waals surface area contributed by atoms with Crippen molar-refractivity contribution in [1.82, 2.24) is 0 Å². The van der Waals surface area contributed by atoms with Crippen LogP contribution in [-0.4, -0.2) is 37.0 Å². The molecule has 1 aliphatic heterocycles. The highest BCUT2D eigenvalue weighted by molar-refractivity contribution is 9.10. The molecule has 3 aromatic rings. The molecule has 0 aliphatic carbocycles. The Morgan fingerprint density at radius 3 is 2.31 bits per heavy atom. The van der Waals surface area contributed by atoms with Crippen molar-refractivity contribution in [2.75, 3.05) is 25.0 Å². The van der Waals surface area contributed by atoms with Crippen molar-refractivity contribution in [2.24, 2.45) is 0 Å². The number of carbonyl (C=O) groups excluding carboxylic acids is 2. The van der Waals surface area contributed by atoms with Crippen molar-refractivity contribution in [2.45, 2.75) is 17.9 Å². The topological polar surface area (TPSA) is 61.8 Å². The van der Waals surface area contributed by atoms with Crippen LogP contribution < -0.4 is 14.2 Å². The molecule has 0 saturated heterocycles. The molecule has 0 radical (unpaired) electrons. The molecule has 1 heterocycles. The van der Waals surface area contributed by atoms with Gasteiger partial charge >= 0.3 is 0 Å². The highest BCUT2D eigenvalue weighted by atomic mass is 79.9. The van der Waals surface area contributed by atoms with E-state index in [-0.39, 0.29) is 31.3 Å². The van der Waals surface area contributed by atoms with Crippen LogP contribution in [0, 0.1) is 0 Å². The number of Topliss-reactive ketones (excluding diaryl/α,β-unsaturated/α-hetero) is 1. The number of ketones is 1. The van der Waals surface area contributed by atoms with Gasteiger partial charge in [0.15, 0.2) is 0 Å². The second kappa shape index (κ2) is 11.5. The summed E-state index contributed by atoms with van der Waals surface area (Å²) in [5.74, 6) is 0.754. The van der Waals surface area contributed by atoms with Gasteiger partial charge in [0.05, 0.1) is 11.8 Å². The molecule has 0 bridgehead atoms. The molecule has 8 heteroatoms. The van der Waals surface area contributed by atoms with Gasteiger partial charge in [0.2, 0.25) is 11.4 Å². The Kier molecular flexibility index (Phi) is 8.37. The van der Waals surface area contributed by atoms with E-state index >= 15 is 0 Å². The minimum Gasteiger partial charge on any atom is -0.492 e. The summed E-state index contributed by atoms with van der Waals surface area (Å²) in [6.45, 7) is 0.473. The van der Waals surface area contributed by atoms with E-state index in [1.54, 1.807) is 12.1 Å². The number of halogens is 3. The summed E-state index contributed by atoms with van der Waals surface area (Å²) >= 11 is 15.1. The van der Waals surface area contributed by atoms with Gasteiger partial charge in [-0.2, -0.15) is 0 Å². The van der Waals surface area contributed by atoms with Gasteiger partial charge in [-0.15, -0.1) is 23.2 Å². The summed E-state index contributed by atoms with van der Waals surface area (Å²) in [6, 6.07) is 20.1. The number of ether oxygens (including phenoxy) is 3. The summed E-state index contributed by atoms with van der Waals surface area (Å²) in [6.07, 6.45) is 0.894. The van der Waals surface area contributed by atoms with Crippen molar-refractivity contribution in [1.29, 1.82) is 0 Å². The zero-order valence-corrected chi connectivity index (χ0v) is 21.8. The maximum Gasteiger partial charge on any atom is 0.219 e. The van der Waals surface area contributed by atoms with Crippen LogP contribution in [0.1, 0.15) is 33.8 Å². The SMILES string of the molecule is O=CC[C@@H](c1ccccc1)[C@]1(c2ccc(Br)cc2)Oc2cc(OCCCl)cc(OCCCl)c2C1=O. The fourth-order valence-corrected chi connectivity index (χ4v) is 4.83. The maximum absolute atomic E-state index is 14.4. The number of fused-ring (bicyclic) bond motifs is 1. The third-order valence-electron chi connectivity index (χ3n) is 5.85. The Hall–Kier alpha value is -2.54. The van der Waals surface area contributed by atoms with Crippen molar-refractivity contribution in [3.05, 3.63) is 87.9 Å². The summed E-state index contributed by atoms with van der Waals surface area (Å²) in [5, 5.41) is 0. The van der Waals surface area contributed by atoms with E-state index in [4.69, 9.17) is 37.4 Å². The lowest BCUT2D eigenvalue weighted by Crippen LogP contribution is -2.43. The Morgan fingerprint density at radius 2 is 1.66 bits per heavy atom. The quantitative estimate of drug-likeness (QED) is 0.191. The lowest BCUT2D eigenvalue weighted by Gasteiger charge is -2.35. The molecular weight excluding hydrogens is 555 g/mol. The average Bonchev–Trinajstić information content (AvgIpc) is 3.18. The lowest BCUT2D eigenvalue weighted by molar-refractivity contribution is -0.109. The molecule has 3 aromatic carbocycles. The van der Waals surface area contributed by atoms with Crippen LogP contribution in [0.5, 0.6) is 17.2 Å². The van der Waals surface area contributed by atoms with Gasteiger partial charge in [0.1, 0.15) is 42.3 Å². The molecule has 0 N–H and O–H groups in total. The highest BCUT2D eigenvalue weighted by Gasteiger charge is 2.56. The van der Waals surface area contributed by atoms with Crippen LogP contribution in [0.15, 0.2) is 71.2 Å². The predicted octanol–water partition coefficient (Wildman–Crippen LogP) is 6.53. The Morgan fingerprint density at radius 1 is 0.971 bits per heavy atom. The van der Waals surface area contributed by atoms with Gasteiger partial charge in [-0.25, -0.2) is 0 Å². The first-order chi connectivity index (χ1) is 17.0. The number of hydrogen-bond donors (Lipinski definition) is 0. The first kappa shape index (κ1) is 25.5. The predicted molar refractivity (Wildman–Crippen MR) is 140 cm³/mol. The third-order valence-corrected chi connectivity index (χ3v) is 6.69. The van der Waals surface area contributed by atoms with Crippen molar-refractivity contribution < 1.29 is 23.8 Å². The first-order valence-corrected chi connectivity index (χ1v) is 12.9. The third kappa shape index (κ3) is 5.06. The van der Waals surface area contributed by atoms with E-state index in [1.165, 1.54) is 0 Å². The molecule has 182 valence electrons. The number of benzene rings is 3. The smallest absolute Gasteiger partial charge is 0.219 e. The summed E-state index contributed by atoms with van der Waals surface area (Å²) < 4.78 is 19.0.